The molecule has 0 fully saturated rings. The van der Waals surface area contributed by atoms with E-state index in [1.807, 2.05) is 61.5 Å². The number of benzene rings is 2. The molecule has 0 atom stereocenters. The maximum Gasteiger partial charge on any atom is 0.179 e. The molecule has 2 aromatic carbocycles. The first-order chi connectivity index (χ1) is 12.1. The largest absolute Gasteiger partial charge is 0.250 e. The number of nitrogens with zero attached hydrogens (tertiary/aromatic N) is 3. The molecule has 0 spiro atoms. The van der Waals surface area contributed by atoms with Gasteiger partial charge in [0.2, 0.25) is 0 Å². The molecule has 0 bridgehead atoms. The van der Waals surface area contributed by atoms with Gasteiger partial charge in [-0.2, -0.15) is 0 Å². The molecule has 2 aromatic heterocycles. The van der Waals surface area contributed by atoms with Gasteiger partial charge in [-0.1, -0.05) is 41.9 Å². The lowest BCUT2D eigenvalue weighted by Crippen LogP contribution is -1.98. The summed E-state index contributed by atoms with van der Waals surface area (Å²) in [6.45, 7) is 4.05. The van der Waals surface area contributed by atoms with Gasteiger partial charge in [-0.15, -0.1) is 0 Å². The van der Waals surface area contributed by atoms with Crippen LogP contribution in [0.25, 0.3) is 33.7 Å². The van der Waals surface area contributed by atoms with Crippen molar-refractivity contribution < 1.29 is 0 Å². The third-order valence-corrected chi connectivity index (χ3v) is 4.42. The molecule has 0 aliphatic carbocycles. The van der Waals surface area contributed by atoms with Crippen molar-refractivity contribution in [3.63, 3.8) is 0 Å². The summed E-state index contributed by atoms with van der Waals surface area (Å²) < 4.78 is 0. The molecular formula is C21H16ClN3. The van der Waals surface area contributed by atoms with E-state index in [0.717, 1.165) is 39.1 Å². The summed E-state index contributed by atoms with van der Waals surface area (Å²) in [5, 5.41) is 1.76. The van der Waals surface area contributed by atoms with Crippen molar-refractivity contribution in [2.24, 2.45) is 0 Å². The monoisotopic (exact) mass is 345 g/mol. The smallest absolute Gasteiger partial charge is 0.179 e. The zero-order valence-corrected chi connectivity index (χ0v) is 14.7. The molecule has 0 aliphatic rings. The number of hydrogen-bond acceptors (Lipinski definition) is 3. The number of aromatic nitrogens is 3. The van der Waals surface area contributed by atoms with Crippen molar-refractivity contribution in [3.8, 4) is 22.8 Å². The highest BCUT2D eigenvalue weighted by Gasteiger charge is 2.13. The first-order valence-electron chi connectivity index (χ1n) is 8.09. The predicted molar refractivity (Wildman–Crippen MR) is 103 cm³/mol. The quantitative estimate of drug-likeness (QED) is 0.472. The van der Waals surface area contributed by atoms with Crippen LogP contribution in [0, 0.1) is 13.8 Å². The SMILES string of the molecule is Cc1cccc(-c2nc(-c3ccc(Cl)cc3)c3c(C)cccc3n2)n1. The fourth-order valence-electron chi connectivity index (χ4n) is 2.95. The molecule has 25 heavy (non-hydrogen) atoms. The zero-order chi connectivity index (χ0) is 17.4. The van der Waals surface area contributed by atoms with Gasteiger partial charge in [0, 0.05) is 21.7 Å². The topological polar surface area (TPSA) is 38.7 Å². The molecule has 4 heteroatoms. The second-order valence-electron chi connectivity index (χ2n) is 6.04. The van der Waals surface area contributed by atoms with Crippen LogP contribution in [-0.4, -0.2) is 15.0 Å². The standard InChI is InChI=1S/C21H16ClN3/c1-13-5-3-7-17-19(13)20(15-9-11-16(22)12-10-15)25-21(24-17)18-8-4-6-14(2)23-18/h3-12H,1-2H3. The van der Waals surface area contributed by atoms with E-state index in [4.69, 9.17) is 21.6 Å². The van der Waals surface area contributed by atoms with E-state index in [1.165, 1.54) is 0 Å². The summed E-state index contributed by atoms with van der Waals surface area (Å²) in [5.41, 5.74) is 5.69. The molecule has 0 unspecified atom stereocenters. The Balaban J connectivity index is 2.03. The summed E-state index contributed by atoms with van der Waals surface area (Å²) in [4.78, 5) is 14.2. The highest BCUT2D eigenvalue weighted by molar-refractivity contribution is 6.30. The molecule has 122 valence electrons. The van der Waals surface area contributed by atoms with Crippen LogP contribution in [0.1, 0.15) is 11.3 Å². The van der Waals surface area contributed by atoms with E-state index in [0.29, 0.717) is 10.8 Å². The van der Waals surface area contributed by atoms with E-state index < -0.39 is 0 Å². The van der Waals surface area contributed by atoms with E-state index in [9.17, 15) is 0 Å². The zero-order valence-electron chi connectivity index (χ0n) is 14.0. The Morgan fingerprint density at radius 3 is 2.28 bits per heavy atom. The van der Waals surface area contributed by atoms with Crippen LogP contribution in [0.4, 0.5) is 0 Å². The summed E-state index contributed by atoms with van der Waals surface area (Å²) in [5.74, 6) is 0.631. The third-order valence-electron chi connectivity index (χ3n) is 4.17. The molecule has 4 rings (SSSR count). The minimum Gasteiger partial charge on any atom is -0.250 e. The predicted octanol–water partition coefficient (Wildman–Crippen LogP) is 5.63. The lowest BCUT2D eigenvalue weighted by atomic mass is 10.0. The molecule has 2 heterocycles. The van der Waals surface area contributed by atoms with Gasteiger partial charge >= 0.3 is 0 Å². The second kappa shape index (κ2) is 6.26. The Bertz CT molecular complexity index is 1070. The lowest BCUT2D eigenvalue weighted by Gasteiger charge is -2.11. The molecular weight excluding hydrogens is 330 g/mol. The summed E-state index contributed by atoms with van der Waals surface area (Å²) >= 11 is 6.05. The number of aryl methyl sites for hydroxylation is 2. The van der Waals surface area contributed by atoms with Crippen molar-refractivity contribution in [1.82, 2.24) is 15.0 Å². The number of rotatable bonds is 2. The maximum atomic E-state index is 6.05. The van der Waals surface area contributed by atoms with E-state index in [2.05, 4.69) is 18.0 Å². The highest BCUT2D eigenvalue weighted by Crippen LogP contribution is 2.31. The Hall–Kier alpha value is -2.78. The molecule has 0 saturated carbocycles. The molecule has 0 amide bonds. The van der Waals surface area contributed by atoms with Crippen LogP contribution in [-0.2, 0) is 0 Å². The van der Waals surface area contributed by atoms with Gasteiger partial charge in [-0.3, -0.25) is 0 Å². The lowest BCUT2D eigenvalue weighted by molar-refractivity contribution is 1.14. The van der Waals surface area contributed by atoms with E-state index in [-0.39, 0.29) is 0 Å². The van der Waals surface area contributed by atoms with Gasteiger partial charge in [-0.05, 0) is 49.7 Å². The number of halogens is 1. The fourth-order valence-corrected chi connectivity index (χ4v) is 3.08. The Kier molecular flexibility index (Phi) is 3.94. The average molecular weight is 346 g/mol. The molecule has 0 aliphatic heterocycles. The van der Waals surface area contributed by atoms with Gasteiger partial charge in [0.1, 0.15) is 5.69 Å². The van der Waals surface area contributed by atoms with E-state index in [1.54, 1.807) is 0 Å². The normalized spacial score (nSPS) is 11.0. The van der Waals surface area contributed by atoms with Crippen LogP contribution < -0.4 is 0 Å². The van der Waals surface area contributed by atoms with Gasteiger partial charge in [0.25, 0.3) is 0 Å². The average Bonchev–Trinajstić information content (AvgIpc) is 2.62. The highest BCUT2D eigenvalue weighted by atomic mass is 35.5. The van der Waals surface area contributed by atoms with Crippen LogP contribution in [0.3, 0.4) is 0 Å². The molecule has 4 aromatic rings. The second-order valence-corrected chi connectivity index (χ2v) is 6.47. The van der Waals surface area contributed by atoms with Crippen molar-refractivity contribution >= 4 is 22.5 Å². The van der Waals surface area contributed by atoms with E-state index >= 15 is 0 Å². The molecule has 0 saturated heterocycles. The third kappa shape index (κ3) is 2.99. The summed E-state index contributed by atoms with van der Waals surface area (Å²) in [6, 6.07) is 19.7. The van der Waals surface area contributed by atoms with Crippen LogP contribution in [0.15, 0.2) is 60.7 Å². The van der Waals surface area contributed by atoms with Crippen LogP contribution in [0.5, 0.6) is 0 Å². The Morgan fingerprint density at radius 2 is 1.52 bits per heavy atom. The van der Waals surface area contributed by atoms with Gasteiger partial charge in [-0.25, -0.2) is 15.0 Å². The first kappa shape index (κ1) is 15.7. The minimum absolute atomic E-state index is 0.631. The van der Waals surface area contributed by atoms with Crippen molar-refractivity contribution in [1.29, 1.82) is 0 Å². The Morgan fingerprint density at radius 1 is 0.760 bits per heavy atom. The Labute approximate surface area is 151 Å². The van der Waals surface area contributed by atoms with Crippen LogP contribution >= 0.6 is 11.6 Å². The number of hydrogen-bond donors (Lipinski definition) is 0. The summed E-state index contributed by atoms with van der Waals surface area (Å²) in [6.07, 6.45) is 0. The van der Waals surface area contributed by atoms with Crippen molar-refractivity contribution in [2.75, 3.05) is 0 Å². The molecule has 0 radical (unpaired) electrons. The van der Waals surface area contributed by atoms with Crippen molar-refractivity contribution in [3.05, 3.63) is 76.9 Å². The van der Waals surface area contributed by atoms with Crippen LogP contribution in [0.2, 0.25) is 5.02 Å². The number of fused-ring (bicyclic) bond motifs is 1. The van der Waals surface area contributed by atoms with Gasteiger partial charge < -0.3 is 0 Å². The van der Waals surface area contributed by atoms with Gasteiger partial charge in [0.05, 0.1) is 11.2 Å². The maximum absolute atomic E-state index is 6.05. The number of pyridine rings is 1. The molecule has 3 nitrogen and oxygen atoms in total. The molecule has 0 N–H and O–H groups in total. The van der Waals surface area contributed by atoms with Gasteiger partial charge in [0.15, 0.2) is 5.82 Å². The summed E-state index contributed by atoms with van der Waals surface area (Å²) in [7, 11) is 0. The first-order valence-corrected chi connectivity index (χ1v) is 8.47. The fraction of sp³-hybridized carbons (Fsp3) is 0.0952. The van der Waals surface area contributed by atoms with Crippen molar-refractivity contribution in [2.45, 2.75) is 13.8 Å². The minimum atomic E-state index is 0.631.